The summed E-state index contributed by atoms with van der Waals surface area (Å²) in [4.78, 5) is 32.6. The Morgan fingerprint density at radius 3 is 2.39 bits per heavy atom. The number of aromatic nitrogens is 2. The average molecular weight is 378 g/mol. The van der Waals surface area contributed by atoms with Gasteiger partial charge in [-0.3, -0.25) is 4.79 Å². The molecular weight excluding hydrogens is 360 g/mol. The van der Waals surface area contributed by atoms with Crippen LogP contribution in [0.2, 0.25) is 0 Å². The molecule has 0 bridgehead atoms. The second-order valence-electron chi connectivity index (χ2n) is 5.61. The number of para-hydroxylation sites is 3. The van der Waals surface area contributed by atoms with Gasteiger partial charge in [0.1, 0.15) is 23.6 Å². The Kier molecular flexibility index (Phi) is 5.81. The van der Waals surface area contributed by atoms with E-state index in [1.54, 1.807) is 48.5 Å². The number of carbonyl (C=O) groups is 2. The van der Waals surface area contributed by atoms with E-state index in [9.17, 15) is 9.59 Å². The number of ether oxygens (including phenoxy) is 2. The fraction of sp³-hybridized carbons (Fsp3) is 0.100. The summed E-state index contributed by atoms with van der Waals surface area (Å²) in [7, 11) is 2.83. The first-order valence-electron chi connectivity index (χ1n) is 8.33. The first kappa shape index (κ1) is 18.8. The molecule has 0 aliphatic heterocycles. The molecule has 3 aromatic rings. The number of benzene rings is 2. The lowest BCUT2D eigenvalue weighted by Gasteiger charge is -2.11. The lowest BCUT2D eigenvalue weighted by atomic mass is 10.2. The number of esters is 1. The Morgan fingerprint density at radius 1 is 0.929 bits per heavy atom. The number of methoxy groups -OCH3 is 2. The molecule has 3 rings (SSSR count). The van der Waals surface area contributed by atoms with E-state index in [0.29, 0.717) is 28.5 Å². The predicted molar refractivity (Wildman–Crippen MR) is 104 cm³/mol. The molecule has 2 aromatic carbocycles. The Hall–Kier alpha value is -3.94. The maximum atomic E-state index is 12.5. The first-order valence-corrected chi connectivity index (χ1v) is 8.33. The fourth-order valence-electron chi connectivity index (χ4n) is 2.50. The maximum Gasteiger partial charge on any atom is 0.339 e. The molecule has 0 radical (unpaired) electrons. The number of anilines is 3. The number of nitrogens with zero attached hydrogens (tertiary/aromatic N) is 2. The van der Waals surface area contributed by atoms with Gasteiger partial charge in [-0.25, -0.2) is 14.8 Å². The molecule has 142 valence electrons. The van der Waals surface area contributed by atoms with Crippen LogP contribution in [0.15, 0.2) is 60.9 Å². The topological polar surface area (TPSA) is 102 Å². The van der Waals surface area contributed by atoms with Crippen LogP contribution in [-0.4, -0.2) is 36.1 Å². The number of hydrogen-bond acceptors (Lipinski definition) is 7. The van der Waals surface area contributed by atoms with Crippen molar-refractivity contribution in [1.82, 2.24) is 9.97 Å². The molecule has 28 heavy (non-hydrogen) atoms. The zero-order valence-corrected chi connectivity index (χ0v) is 15.3. The molecule has 2 N–H and O–H groups in total. The van der Waals surface area contributed by atoms with Crippen LogP contribution in [0.5, 0.6) is 5.75 Å². The molecule has 1 heterocycles. The van der Waals surface area contributed by atoms with Crippen molar-refractivity contribution in [3.05, 3.63) is 72.2 Å². The maximum absolute atomic E-state index is 12.5. The van der Waals surface area contributed by atoms with E-state index in [0.717, 1.165) is 0 Å². The highest BCUT2D eigenvalue weighted by Gasteiger charge is 2.14. The minimum Gasteiger partial charge on any atom is -0.495 e. The minimum absolute atomic E-state index is 0.152. The number of amides is 1. The summed E-state index contributed by atoms with van der Waals surface area (Å²) in [6.07, 6.45) is 1.26. The monoisotopic (exact) mass is 378 g/mol. The van der Waals surface area contributed by atoms with E-state index in [1.165, 1.54) is 26.6 Å². The molecule has 0 saturated carbocycles. The summed E-state index contributed by atoms with van der Waals surface area (Å²) in [6.45, 7) is 0. The Labute approximate surface area is 161 Å². The van der Waals surface area contributed by atoms with Gasteiger partial charge in [0.25, 0.3) is 5.91 Å². The highest BCUT2D eigenvalue weighted by Crippen LogP contribution is 2.24. The van der Waals surface area contributed by atoms with Crippen LogP contribution in [0.25, 0.3) is 0 Å². The van der Waals surface area contributed by atoms with E-state index in [4.69, 9.17) is 9.47 Å². The number of nitrogens with one attached hydrogen (secondary N) is 2. The van der Waals surface area contributed by atoms with Gasteiger partial charge in [-0.05, 0) is 24.3 Å². The van der Waals surface area contributed by atoms with Crippen LogP contribution >= 0.6 is 0 Å². The number of carbonyl (C=O) groups excluding carboxylic acids is 2. The van der Waals surface area contributed by atoms with Crippen molar-refractivity contribution in [2.75, 3.05) is 24.9 Å². The molecule has 0 atom stereocenters. The minimum atomic E-state index is -0.480. The lowest BCUT2D eigenvalue weighted by molar-refractivity contribution is 0.0601. The number of rotatable bonds is 6. The summed E-state index contributed by atoms with van der Waals surface area (Å²) in [5.41, 5.74) is 1.53. The van der Waals surface area contributed by atoms with E-state index in [-0.39, 0.29) is 5.69 Å². The van der Waals surface area contributed by atoms with E-state index < -0.39 is 11.9 Å². The van der Waals surface area contributed by atoms with Gasteiger partial charge in [0, 0.05) is 6.07 Å². The van der Waals surface area contributed by atoms with Gasteiger partial charge in [-0.1, -0.05) is 24.3 Å². The average Bonchev–Trinajstić information content (AvgIpc) is 2.74. The van der Waals surface area contributed by atoms with Gasteiger partial charge in [0.05, 0.1) is 31.2 Å². The second-order valence-corrected chi connectivity index (χ2v) is 5.61. The van der Waals surface area contributed by atoms with E-state index in [2.05, 4.69) is 20.6 Å². The Morgan fingerprint density at radius 2 is 1.64 bits per heavy atom. The molecule has 1 amide bonds. The molecule has 0 unspecified atom stereocenters. The molecule has 0 aliphatic carbocycles. The third-order valence-electron chi connectivity index (χ3n) is 3.85. The second kappa shape index (κ2) is 8.63. The van der Waals surface area contributed by atoms with Crippen molar-refractivity contribution in [2.45, 2.75) is 0 Å². The van der Waals surface area contributed by atoms with Crippen LogP contribution in [0.3, 0.4) is 0 Å². The van der Waals surface area contributed by atoms with Crippen molar-refractivity contribution in [2.24, 2.45) is 0 Å². The van der Waals surface area contributed by atoms with E-state index in [1.807, 2.05) is 0 Å². The summed E-state index contributed by atoms with van der Waals surface area (Å²) < 4.78 is 10.0. The fourth-order valence-corrected chi connectivity index (χ4v) is 2.50. The van der Waals surface area contributed by atoms with Gasteiger partial charge >= 0.3 is 5.97 Å². The van der Waals surface area contributed by atoms with Gasteiger partial charge in [-0.15, -0.1) is 0 Å². The molecule has 8 heteroatoms. The first-order chi connectivity index (χ1) is 13.6. The highest BCUT2D eigenvalue weighted by molar-refractivity contribution is 6.04. The summed E-state index contributed by atoms with van der Waals surface area (Å²) in [6, 6.07) is 15.4. The molecule has 0 aliphatic rings. The Bertz CT molecular complexity index is 1010. The van der Waals surface area contributed by atoms with Gasteiger partial charge in [0.15, 0.2) is 0 Å². The number of hydrogen-bond donors (Lipinski definition) is 2. The zero-order chi connectivity index (χ0) is 19.9. The van der Waals surface area contributed by atoms with Gasteiger partial charge < -0.3 is 20.1 Å². The molecule has 0 spiro atoms. The molecule has 0 saturated heterocycles. The summed E-state index contributed by atoms with van der Waals surface area (Å²) >= 11 is 0. The van der Waals surface area contributed by atoms with Crippen molar-refractivity contribution in [3.8, 4) is 5.75 Å². The quantitative estimate of drug-likeness (QED) is 0.635. The third-order valence-corrected chi connectivity index (χ3v) is 3.85. The molecule has 8 nitrogen and oxygen atoms in total. The van der Waals surface area contributed by atoms with Crippen LogP contribution in [0, 0.1) is 0 Å². The SMILES string of the molecule is COC(=O)c1ccccc1Nc1cc(C(=O)Nc2ccccc2OC)ncn1. The van der Waals surface area contributed by atoms with E-state index >= 15 is 0 Å². The van der Waals surface area contributed by atoms with Crippen molar-refractivity contribution < 1.29 is 19.1 Å². The summed E-state index contributed by atoms with van der Waals surface area (Å²) in [5.74, 6) is -0.00529. The molecule has 1 aromatic heterocycles. The van der Waals surface area contributed by atoms with Crippen LogP contribution in [0.1, 0.15) is 20.8 Å². The van der Waals surface area contributed by atoms with Gasteiger partial charge in [0.2, 0.25) is 0 Å². The summed E-state index contributed by atoms with van der Waals surface area (Å²) in [5, 5.41) is 5.76. The highest BCUT2D eigenvalue weighted by atomic mass is 16.5. The van der Waals surface area contributed by atoms with Crippen LogP contribution in [-0.2, 0) is 4.74 Å². The Balaban J connectivity index is 1.81. The van der Waals surface area contributed by atoms with Gasteiger partial charge in [-0.2, -0.15) is 0 Å². The lowest BCUT2D eigenvalue weighted by Crippen LogP contribution is -2.15. The van der Waals surface area contributed by atoms with Crippen LogP contribution < -0.4 is 15.4 Å². The zero-order valence-electron chi connectivity index (χ0n) is 15.3. The van der Waals surface area contributed by atoms with Crippen molar-refractivity contribution in [3.63, 3.8) is 0 Å². The third kappa shape index (κ3) is 4.24. The standard InChI is InChI=1S/C20H18N4O4/c1-27-17-10-6-5-9-15(17)24-19(25)16-11-18(22-12-21-16)23-14-8-4-3-7-13(14)20(26)28-2/h3-12H,1-2H3,(H,24,25)(H,21,22,23). The van der Waals surface area contributed by atoms with Crippen molar-refractivity contribution in [1.29, 1.82) is 0 Å². The molecule has 0 fully saturated rings. The predicted octanol–water partition coefficient (Wildman–Crippen LogP) is 3.27. The largest absolute Gasteiger partial charge is 0.495 e. The smallest absolute Gasteiger partial charge is 0.339 e. The van der Waals surface area contributed by atoms with Crippen LogP contribution in [0.4, 0.5) is 17.2 Å². The normalized spacial score (nSPS) is 10.1. The molecular formula is C20H18N4O4. The van der Waals surface area contributed by atoms with Crippen molar-refractivity contribution >= 4 is 29.1 Å².